The van der Waals surface area contributed by atoms with Crippen molar-refractivity contribution in [2.24, 2.45) is 17.8 Å². The monoisotopic (exact) mass is 792 g/mol. The number of aromatic amines is 1. The Morgan fingerprint density at radius 1 is 0.793 bits per heavy atom. The molecule has 1 unspecified atom stereocenters. The Morgan fingerprint density at radius 3 is 2.26 bits per heavy atom. The van der Waals surface area contributed by atoms with E-state index in [-0.39, 0.29) is 53.2 Å². The molecule has 2 aromatic carbocycles. The Kier molecular flexibility index (Phi) is 11.8. The number of nitrogens with zero attached hydrogens (tertiary/aromatic N) is 4. The number of piperidine rings is 3. The summed E-state index contributed by atoms with van der Waals surface area (Å²) in [6, 6.07) is 15.1. The van der Waals surface area contributed by atoms with Crippen LogP contribution in [0.25, 0.3) is 22.4 Å². The van der Waals surface area contributed by atoms with Crippen LogP contribution in [0, 0.1) is 29.4 Å². The van der Waals surface area contributed by atoms with E-state index in [2.05, 4.69) is 40.7 Å². The summed E-state index contributed by atoms with van der Waals surface area (Å²) < 4.78 is 30.2. The van der Waals surface area contributed by atoms with Crippen molar-refractivity contribution in [3.63, 3.8) is 0 Å². The second kappa shape index (κ2) is 17.5. The molecule has 1 saturated carbocycles. The maximum Gasteiger partial charge on any atom is 0.255 e. The SMILES string of the molecule is O=C1CCC(Nc2ccc(N3CCC(CC4CCN(C(=O)[C@H]5CC[C@H](Nc6ncc(F)c(-c7cccc(-c8ccc[nH]c8=O)c7)n6)CC5)CC4)CC3)c(F)c2)C(=O)N1. The lowest BCUT2D eigenvalue weighted by molar-refractivity contribution is -0.138. The van der Waals surface area contributed by atoms with Gasteiger partial charge in [-0.3, -0.25) is 24.5 Å². The lowest BCUT2D eigenvalue weighted by Gasteiger charge is -2.39. The number of H-pyrrole nitrogens is 1. The van der Waals surface area contributed by atoms with Crippen LogP contribution in [0.4, 0.5) is 26.1 Å². The summed E-state index contributed by atoms with van der Waals surface area (Å²) in [6.45, 7) is 3.15. The van der Waals surface area contributed by atoms with E-state index in [1.165, 1.54) is 12.3 Å². The molecule has 1 atom stereocenters. The maximum absolute atomic E-state index is 15.2. The van der Waals surface area contributed by atoms with Crippen molar-refractivity contribution >= 4 is 35.0 Å². The molecule has 0 radical (unpaired) electrons. The zero-order valence-electron chi connectivity index (χ0n) is 32.5. The van der Waals surface area contributed by atoms with Gasteiger partial charge in [0.15, 0.2) is 5.82 Å². The molecule has 3 saturated heterocycles. The first kappa shape index (κ1) is 39.2. The van der Waals surface area contributed by atoms with Gasteiger partial charge in [-0.1, -0.05) is 18.2 Å². The van der Waals surface area contributed by atoms with Gasteiger partial charge in [0.1, 0.15) is 17.6 Å². The molecule has 0 spiro atoms. The van der Waals surface area contributed by atoms with Crippen molar-refractivity contribution in [1.29, 1.82) is 0 Å². The van der Waals surface area contributed by atoms with E-state index in [0.717, 1.165) is 84.0 Å². The number of nitrogens with one attached hydrogen (secondary N) is 4. The van der Waals surface area contributed by atoms with Crippen molar-refractivity contribution < 1.29 is 23.2 Å². The lowest BCUT2D eigenvalue weighted by atomic mass is 9.81. The first-order valence-corrected chi connectivity index (χ1v) is 20.7. The average molecular weight is 793 g/mol. The summed E-state index contributed by atoms with van der Waals surface area (Å²) in [7, 11) is 0. The third kappa shape index (κ3) is 9.05. The first-order chi connectivity index (χ1) is 28.2. The molecule has 58 heavy (non-hydrogen) atoms. The highest BCUT2D eigenvalue weighted by Crippen LogP contribution is 2.35. The van der Waals surface area contributed by atoms with Crippen molar-refractivity contribution in [3.05, 3.63) is 89.0 Å². The Bertz CT molecular complexity index is 2190. The summed E-state index contributed by atoms with van der Waals surface area (Å²) in [5.41, 5.74) is 2.73. The van der Waals surface area contributed by atoms with Crippen LogP contribution in [0.3, 0.4) is 0 Å². The third-order valence-corrected chi connectivity index (χ3v) is 12.5. The normalized spacial score (nSPS) is 22.1. The highest BCUT2D eigenvalue weighted by atomic mass is 19.1. The van der Waals surface area contributed by atoms with Crippen molar-refractivity contribution in [2.45, 2.75) is 82.7 Å². The van der Waals surface area contributed by atoms with Gasteiger partial charge in [0.05, 0.1) is 11.9 Å². The van der Waals surface area contributed by atoms with E-state index >= 15 is 4.39 Å². The molecule has 4 fully saturated rings. The number of carbonyl (C=O) groups is 3. The molecule has 1 aliphatic carbocycles. The Labute approximate surface area is 336 Å². The van der Waals surface area contributed by atoms with Crippen LogP contribution in [0.5, 0.6) is 0 Å². The van der Waals surface area contributed by atoms with Crippen LogP contribution in [-0.2, 0) is 14.4 Å². The Morgan fingerprint density at radius 2 is 1.53 bits per heavy atom. The van der Waals surface area contributed by atoms with E-state index in [1.54, 1.807) is 48.7 Å². The zero-order valence-corrected chi connectivity index (χ0v) is 32.5. The van der Waals surface area contributed by atoms with Gasteiger partial charge in [-0.05, 0) is 118 Å². The van der Waals surface area contributed by atoms with Gasteiger partial charge in [-0.25, -0.2) is 18.7 Å². The van der Waals surface area contributed by atoms with Crippen molar-refractivity contribution in [3.8, 4) is 22.4 Å². The van der Waals surface area contributed by atoms with Gasteiger partial charge in [0, 0.05) is 67.6 Å². The molecule has 8 rings (SSSR count). The van der Waals surface area contributed by atoms with E-state index in [0.29, 0.717) is 52.3 Å². The van der Waals surface area contributed by atoms with Crippen LogP contribution in [0.15, 0.2) is 71.8 Å². The van der Waals surface area contributed by atoms with E-state index in [9.17, 15) is 23.6 Å². The number of imide groups is 1. The number of hydrogen-bond donors (Lipinski definition) is 4. The number of carbonyl (C=O) groups excluding carboxylic acids is 3. The third-order valence-electron chi connectivity index (χ3n) is 12.5. The molecule has 14 heteroatoms. The fourth-order valence-corrected chi connectivity index (χ4v) is 9.20. The van der Waals surface area contributed by atoms with E-state index in [4.69, 9.17) is 0 Å². The lowest BCUT2D eigenvalue weighted by Crippen LogP contribution is -2.47. The molecule has 3 amide bonds. The van der Waals surface area contributed by atoms with Gasteiger partial charge in [-0.15, -0.1) is 0 Å². The second-order valence-corrected chi connectivity index (χ2v) is 16.3. The van der Waals surface area contributed by atoms with Crippen LogP contribution >= 0.6 is 0 Å². The number of aromatic nitrogens is 3. The van der Waals surface area contributed by atoms with Gasteiger partial charge in [0.2, 0.25) is 23.7 Å². The predicted octanol–water partition coefficient (Wildman–Crippen LogP) is 6.51. The minimum Gasteiger partial charge on any atom is -0.374 e. The van der Waals surface area contributed by atoms with Crippen LogP contribution in [-0.4, -0.2) is 75.8 Å². The highest BCUT2D eigenvalue weighted by molar-refractivity contribution is 6.01. The minimum atomic E-state index is -0.554. The molecule has 2 aromatic heterocycles. The topological polar surface area (TPSA) is 152 Å². The molecule has 0 bridgehead atoms. The zero-order chi connectivity index (χ0) is 40.2. The number of benzene rings is 2. The number of rotatable bonds is 10. The molecule has 304 valence electrons. The first-order valence-electron chi connectivity index (χ1n) is 20.7. The maximum atomic E-state index is 15.2. The second-order valence-electron chi connectivity index (χ2n) is 16.3. The van der Waals surface area contributed by atoms with E-state index in [1.807, 2.05) is 6.07 Å². The van der Waals surface area contributed by atoms with Gasteiger partial charge in [0.25, 0.3) is 5.56 Å². The average Bonchev–Trinajstić information content (AvgIpc) is 3.23. The number of pyridine rings is 1. The summed E-state index contributed by atoms with van der Waals surface area (Å²) in [6.07, 6.45) is 11.7. The molecule has 4 aromatic rings. The Hall–Kier alpha value is -5.66. The van der Waals surface area contributed by atoms with Crippen LogP contribution in [0.1, 0.15) is 70.6 Å². The molecular formula is C44H50F2N8O4. The molecule has 3 aliphatic heterocycles. The van der Waals surface area contributed by atoms with Crippen LogP contribution in [0.2, 0.25) is 0 Å². The van der Waals surface area contributed by atoms with Gasteiger partial charge < -0.3 is 25.4 Å². The molecule has 12 nitrogen and oxygen atoms in total. The largest absolute Gasteiger partial charge is 0.374 e. The van der Waals surface area contributed by atoms with Crippen LogP contribution < -0.4 is 26.4 Å². The van der Waals surface area contributed by atoms with Gasteiger partial charge >= 0.3 is 0 Å². The quantitative estimate of drug-likeness (QED) is 0.132. The number of likely N-dealkylation sites (tertiary alicyclic amines) is 1. The summed E-state index contributed by atoms with van der Waals surface area (Å²) in [5, 5.41) is 8.75. The molecule has 4 N–H and O–H groups in total. The van der Waals surface area contributed by atoms with Crippen molar-refractivity contribution in [2.75, 3.05) is 41.7 Å². The molecule has 5 heterocycles. The number of hydrogen-bond acceptors (Lipinski definition) is 9. The van der Waals surface area contributed by atoms with Gasteiger partial charge in [-0.2, -0.15) is 0 Å². The summed E-state index contributed by atoms with van der Waals surface area (Å²) in [4.78, 5) is 65.0. The fraction of sp³-hybridized carbons (Fsp3) is 0.455. The Balaban J connectivity index is 0.761. The minimum absolute atomic E-state index is 0.00447. The highest BCUT2D eigenvalue weighted by Gasteiger charge is 2.33. The fourth-order valence-electron chi connectivity index (χ4n) is 9.20. The van der Waals surface area contributed by atoms with Crippen molar-refractivity contribution in [1.82, 2.24) is 25.2 Å². The molecular weight excluding hydrogens is 743 g/mol. The predicted molar refractivity (Wildman–Crippen MR) is 218 cm³/mol. The standard InChI is InChI=1S/C44H50F2N8O4/c45-35-25-33(49-37-11-13-39(55)51-42(37)57)10-12-38(35)53-19-14-27(15-20-53)23-28-16-21-54(22-17-28)43(58)29-6-8-32(9-7-29)50-44-48-26-36(46)40(52-44)31-4-1-3-30(24-31)34-5-2-18-47-41(34)56/h1-5,10,12,18,24-29,32,37,49H,6-9,11,13-17,19-23H2,(H,47,56)(H,48,50,52)(H,51,55,57)/t29-,32-,37?. The number of halogens is 2. The number of anilines is 3. The summed E-state index contributed by atoms with van der Waals surface area (Å²) in [5.74, 6) is 0.210. The number of amides is 3. The van der Waals surface area contributed by atoms with E-state index < -0.39 is 11.9 Å². The smallest absolute Gasteiger partial charge is 0.255 e. The summed E-state index contributed by atoms with van der Waals surface area (Å²) >= 11 is 0. The molecule has 4 aliphatic rings.